The average molecular weight is 338 g/mol. The maximum absolute atomic E-state index is 11.6. The summed E-state index contributed by atoms with van der Waals surface area (Å²) in [4.78, 5) is 23.2. The van der Waals surface area contributed by atoms with Crippen molar-refractivity contribution < 1.29 is 4.79 Å². The maximum Gasteiger partial charge on any atom is 0.159 e. The van der Waals surface area contributed by atoms with E-state index < -0.39 is 0 Å². The van der Waals surface area contributed by atoms with Crippen molar-refractivity contribution in [2.45, 2.75) is 52.5 Å². The van der Waals surface area contributed by atoms with Gasteiger partial charge in [0.1, 0.15) is 17.5 Å². The first-order chi connectivity index (χ1) is 12.1. The Morgan fingerprint density at radius 1 is 1.28 bits per heavy atom. The Morgan fingerprint density at radius 3 is 2.88 bits per heavy atom. The van der Waals surface area contributed by atoms with Crippen molar-refractivity contribution in [2.75, 3.05) is 16.8 Å². The highest BCUT2D eigenvalue weighted by atomic mass is 16.1. The molecule has 1 N–H and O–H groups in total. The topological polar surface area (TPSA) is 58.1 Å². The Balaban J connectivity index is 1.86. The van der Waals surface area contributed by atoms with Crippen LogP contribution in [0.25, 0.3) is 0 Å². The molecular weight excluding hydrogens is 312 g/mol. The molecule has 2 aromatic rings. The number of carbonyl (C=O) groups excluding carboxylic acids is 1. The molecule has 0 aliphatic carbocycles. The Hall–Kier alpha value is -2.43. The summed E-state index contributed by atoms with van der Waals surface area (Å²) in [5.74, 6) is 2.57. The maximum atomic E-state index is 11.6. The lowest BCUT2D eigenvalue weighted by molar-refractivity contribution is 0.101. The smallest absolute Gasteiger partial charge is 0.159 e. The minimum atomic E-state index is 0.0577. The van der Waals surface area contributed by atoms with Gasteiger partial charge in [0.15, 0.2) is 5.78 Å². The monoisotopic (exact) mass is 338 g/mol. The molecule has 0 bridgehead atoms. The van der Waals surface area contributed by atoms with Gasteiger partial charge >= 0.3 is 0 Å². The molecule has 1 fully saturated rings. The molecule has 5 nitrogen and oxygen atoms in total. The van der Waals surface area contributed by atoms with Gasteiger partial charge in [0, 0.05) is 29.9 Å². The van der Waals surface area contributed by atoms with Gasteiger partial charge in [0.25, 0.3) is 0 Å². The van der Waals surface area contributed by atoms with Crippen LogP contribution in [0.15, 0.2) is 30.3 Å². The third-order valence-electron chi connectivity index (χ3n) is 4.76. The zero-order valence-electron chi connectivity index (χ0n) is 15.2. The molecular formula is C20H26N4O. The van der Waals surface area contributed by atoms with Crippen molar-refractivity contribution in [3.05, 3.63) is 41.7 Å². The number of nitrogens with zero attached hydrogens (tertiary/aromatic N) is 3. The number of rotatable bonds is 5. The molecule has 1 aliphatic rings. The third kappa shape index (κ3) is 4.16. The van der Waals surface area contributed by atoms with Gasteiger partial charge in [-0.15, -0.1) is 0 Å². The zero-order valence-corrected chi connectivity index (χ0v) is 15.2. The summed E-state index contributed by atoms with van der Waals surface area (Å²) >= 11 is 0. The fourth-order valence-corrected chi connectivity index (χ4v) is 3.45. The number of carbonyl (C=O) groups is 1. The molecule has 0 spiro atoms. The van der Waals surface area contributed by atoms with Crippen LogP contribution < -0.4 is 10.2 Å². The van der Waals surface area contributed by atoms with Crippen LogP contribution in [0.2, 0.25) is 0 Å². The van der Waals surface area contributed by atoms with Crippen molar-refractivity contribution in [3.8, 4) is 0 Å². The Morgan fingerprint density at radius 2 is 2.12 bits per heavy atom. The molecule has 1 saturated heterocycles. The van der Waals surface area contributed by atoms with Gasteiger partial charge in [-0.2, -0.15) is 0 Å². The summed E-state index contributed by atoms with van der Waals surface area (Å²) in [5, 5.41) is 3.32. The highest BCUT2D eigenvalue weighted by Crippen LogP contribution is 2.27. The van der Waals surface area contributed by atoms with Gasteiger partial charge in [-0.3, -0.25) is 4.79 Å². The summed E-state index contributed by atoms with van der Waals surface area (Å²) < 4.78 is 0. The molecule has 2 heterocycles. The Labute approximate surface area is 149 Å². The highest BCUT2D eigenvalue weighted by molar-refractivity contribution is 5.95. The van der Waals surface area contributed by atoms with Crippen LogP contribution in [0.4, 0.5) is 17.3 Å². The van der Waals surface area contributed by atoms with E-state index in [9.17, 15) is 4.79 Å². The fraction of sp³-hybridized carbons (Fsp3) is 0.450. The number of anilines is 3. The largest absolute Gasteiger partial charge is 0.353 e. The summed E-state index contributed by atoms with van der Waals surface area (Å²) in [6.45, 7) is 6.79. The van der Waals surface area contributed by atoms with Gasteiger partial charge in [0.05, 0.1) is 0 Å². The molecule has 1 atom stereocenters. The second-order valence-corrected chi connectivity index (χ2v) is 6.67. The molecule has 132 valence electrons. The van der Waals surface area contributed by atoms with Gasteiger partial charge in [-0.25, -0.2) is 9.97 Å². The standard InChI is InChI=1S/C20H26N4O/c1-4-18-10-5-6-11-24(18)20-13-19(21-15(3)22-20)23-17-9-7-8-16(12-17)14(2)25/h7-9,12-13,18H,4-6,10-11H2,1-3H3,(H,21,22,23). The Kier molecular flexibility index (Phi) is 5.31. The van der Waals surface area contributed by atoms with Crippen molar-refractivity contribution in [1.82, 2.24) is 9.97 Å². The lowest BCUT2D eigenvalue weighted by atomic mass is 10.00. The minimum Gasteiger partial charge on any atom is -0.353 e. The third-order valence-corrected chi connectivity index (χ3v) is 4.76. The molecule has 1 unspecified atom stereocenters. The number of aryl methyl sites for hydroxylation is 1. The molecule has 5 heteroatoms. The normalized spacial score (nSPS) is 17.4. The van der Waals surface area contributed by atoms with Gasteiger partial charge < -0.3 is 10.2 Å². The van der Waals surface area contributed by atoms with E-state index in [0.29, 0.717) is 11.6 Å². The van der Waals surface area contributed by atoms with E-state index >= 15 is 0 Å². The molecule has 0 amide bonds. The van der Waals surface area contributed by atoms with E-state index in [0.717, 1.165) is 36.1 Å². The number of Topliss-reactive ketones (excluding diaryl/α,β-unsaturated/α-hetero) is 1. The minimum absolute atomic E-state index is 0.0577. The van der Waals surface area contributed by atoms with E-state index in [4.69, 9.17) is 0 Å². The lowest BCUT2D eigenvalue weighted by Gasteiger charge is -2.36. The number of benzene rings is 1. The summed E-state index contributed by atoms with van der Waals surface area (Å²) in [6, 6.07) is 10.1. The number of hydrogen-bond acceptors (Lipinski definition) is 5. The summed E-state index contributed by atoms with van der Waals surface area (Å²) in [5.41, 5.74) is 1.56. The first-order valence-electron chi connectivity index (χ1n) is 9.07. The van der Waals surface area contributed by atoms with E-state index in [2.05, 4.69) is 27.1 Å². The fourth-order valence-electron chi connectivity index (χ4n) is 3.45. The van der Waals surface area contributed by atoms with Crippen molar-refractivity contribution in [2.24, 2.45) is 0 Å². The number of ketones is 1. The van der Waals surface area contributed by atoms with Crippen molar-refractivity contribution in [3.63, 3.8) is 0 Å². The van der Waals surface area contributed by atoms with E-state index in [-0.39, 0.29) is 5.78 Å². The second kappa shape index (κ2) is 7.64. The average Bonchev–Trinajstić information content (AvgIpc) is 2.61. The quantitative estimate of drug-likeness (QED) is 0.813. The molecule has 0 saturated carbocycles. The predicted octanol–water partition coefficient (Wildman–Crippen LogP) is 4.50. The van der Waals surface area contributed by atoms with Crippen LogP contribution in [0, 0.1) is 6.92 Å². The van der Waals surface area contributed by atoms with Crippen LogP contribution >= 0.6 is 0 Å². The van der Waals surface area contributed by atoms with Crippen LogP contribution in [0.3, 0.4) is 0 Å². The van der Waals surface area contributed by atoms with Gasteiger partial charge in [0.2, 0.25) is 0 Å². The lowest BCUT2D eigenvalue weighted by Crippen LogP contribution is -2.39. The number of hydrogen-bond donors (Lipinski definition) is 1. The molecule has 1 aromatic carbocycles. The SMILES string of the molecule is CCC1CCCCN1c1cc(Nc2cccc(C(C)=O)c2)nc(C)n1. The van der Waals surface area contributed by atoms with Crippen LogP contribution in [-0.4, -0.2) is 28.3 Å². The first kappa shape index (κ1) is 17.4. The van der Waals surface area contributed by atoms with Crippen molar-refractivity contribution in [1.29, 1.82) is 0 Å². The summed E-state index contributed by atoms with van der Waals surface area (Å²) in [6.07, 6.45) is 4.86. The van der Waals surface area contributed by atoms with Crippen molar-refractivity contribution >= 4 is 23.1 Å². The highest BCUT2D eigenvalue weighted by Gasteiger charge is 2.22. The predicted molar refractivity (Wildman–Crippen MR) is 102 cm³/mol. The van der Waals surface area contributed by atoms with Crippen LogP contribution in [0.5, 0.6) is 0 Å². The van der Waals surface area contributed by atoms with Gasteiger partial charge in [-0.1, -0.05) is 19.1 Å². The van der Waals surface area contributed by atoms with Crippen LogP contribution in [-0.2, 0) is 0 Å². The van der Waals surface area contributed by atoms with E-state index in [1.165, 1.54) is 19.3 Å². The summed E-state index contributed by atoms with van der Waals surface area (Å²) in [7, 11) is 0. The Bertz CT molecular complexity index is 759. The number of nitrogens with one attached hydrogen (secondary N) is 1. The second-order valence-electron chi connectivity index (χ2n) is 6.67. The molecule has 25 heavy (non-hydrogen) atoms. The number of aromatic nitrogens is 2. The number of piperidine rings is 1. The molecule has 1 aromatic heterocycles. The molecule has 1 aliphatic heterocycles. The van der Waals surface area contributed by atoms with Crippen LogP contribution in [0.1, 0.15) is 55.7 Å². The molecule has 3 rings (SSSR count). The first-order valence-corrected chi connectivity index (χ1v) is 9.07. The van der Waals surface area contributed by atoms with E-state index in [1.807, 2.05) is 37.3 Å². The van der Waals surface area contributed by atoms with E-state index in [1.54, 1.807) is 6.92 Å². The zero-order chi connectivity index (χ0) is 17.8. The molecule has 0 radical (unpaired) electrons. The van der Waals surface area contributed by atoms with Gasteiger partial charge in [-0.05, 0) is 51.7 Å².